The number of carbonyl (C=O) groups is 5. The van der Waals surface area contributed by atoms with Gasteiger partial charge in [0.25, 0.3) is 12.3 Å². The van der Waals surface area contributed by atoms with Crippen molar-refractivity contribution in [3.63, 3.8) is 0 Å². The summed E-state index contributed by atoms with van der Waals surface area (Å²) < 4.78 is 51.9. The zero-order chi connectivity index (χ0) is 46.9. The first-order valence-electron chi connectivity index (χ1n) is 22.8. The Morgan fingerprint density at radius 3 is 2.48 bits per heavy atom. The van der Waals surface area contributed by atoms with Crippen molar-refractivity contribution < 1.29 is 41.9 Å². The maximum absolute atomic E-state index is 14.9. The molecule has 2 unspecified atom stereocenters. The number of carbonyl (C=O) groups excluding carboxylic acids is 5. The lowest BCUT2D eigenvalue weighted by Gasteiger charge is -2.37. The highest BCUT2D eigenvalue weighted by Gasteiger charge is 2.35. The standard InChI is InChI=1S/C46H58F3N11O6/c1-46(2,3)66-45(65)51-31-21-30(47)24-58(25-31)37-16-19-59-41(53-37)35(22-50-59)43(63)52-36-26-60(55-39(36)40(48)49)32-10-8-28(9-11-32)44(64)57-17-14-27(15-18-57)23-56(4)33-7-5-6-29(20-33)34-12-13-38(61)54-42(34)62/h5-7,16,19-20,22,26-28,30-32,34,40H,8-15,17-18,21,23-25H2,1-4H3,(H,51,65)(H,52,63)(H,54,61,62)/t28?,30-,31?,32?,34?/m1/s1. The SMILES string of the molecule is CN(CC1CCN(C(=O)C2CCC(n3cc(NC(=O)c4cnn5ccc(N6CC(NC(=O)OC(C)(C)C)C[C@@H](F)C6)nc45)c(C(F)F)n3)CC2)CC1)c1cccc(C2CCC(=O)NC2=O)c1. The normalized spacial score (nSPS) is 23.2. The van der Waals surface area contributed by atoms with Crippen LogP contribution in [0.2, 0.25) is 0 Å². The van der Waals surface area contributed by atoms with Crippen LogP contribution in [0.3, 0.4) is 0 Å². The van der Waals surface area contributed by atoms with Gasteiger partial charge < -0.3 is 30.1 Å². The van der Waals surface area contributed by atoms with Crippen LogP contribution in [0.1, 0.15) is 119 Å². The van der Waals surface area contributed by atoms with E-state index in [-0.39, 0.29) is 72.0 Å². The van der Waals surface area contributed by atoms with E-state index in [1.54, 1.807) is 37.9 Å². The summed E-state index contributed by atoms with van der Waals surface area (Å²) in [6, 6.07) is 8.71. The Bertz CT molecular complexity index is 2440. The summed E-state index contributed by atoms with van der Waals surface area (Å²) in [5.74, 6) is -0.918. The van der Waals surface area contributed by atoms with Gasteiger partial charge in [-0.25, -0.2) is 27.5 Å². The number of nitrogens with one attached hydrogen (secondary N) is 3. The van der Waals surface area contributed by atoms with Gasteiger partial charge in [0.1, 0.15) is 23.2 Å². The molecule has 3 N–H and O–H groups in total. The average Bonchev–Trinajstić information content (AvgIpc) is 3.90. The van der Waals surface area contributed by atoms with Crippen LogP contribution in [0, 0.1) is 11.8 Å². The van der Waals surface area contributed by atoms with Crippen LogP contribution in [0.15, 0.2) is 48.9 Å². The topological polar surface area (TPSA) is 188 Å². The number of alkyl halides is 3. The summed E-state index contributed by atoms with van der Waals surface area (Å²) in [6.07, 6.45) is 4.23. The van der Waals surface area contributed by atoms with E-state index < -0.39 is 41.9 Å². The highest BCUT2D eigenvalue weighted by Crippen LogP contribution is 2.37. The Morgan fingerprint density at radius 2 is 1.77 bits per heavy atom. The number of fused-ring (bicyclic) bond motifs is 1. The van der Waals surface area contributed by atoms with Crippen molar-refractivity contribution in [1.82, 2.24) is 39.9 Å². The summed E-state index contributed by atoms with van der Waals surface area (Å²) in [7, 11) is 2.03. The molecular formula is C46H58F3N11O6. The zero-order valence-electron chi connectivity index (χ0n) is 37.7. The third-order valence-electron chi connectivity index (χ3n) is 13.1. The molecule has 4 aromatic rings. The fourth-order valence-corrected chi connectivity index (χ4v) is 9.70. The van der Waals surface area contributed by atoms with Gasteiger partial charge >= 0.3 is 6.09 Å². The summed E-state index contributed by atoms with van der Waals surface area (Å²) in [6.45, 7) is 7.55. The number of halogens is 3. The van der Waals surface area contributed by atoms with Gasteiger partial charge in [-0.05, 0) is 95.4 Å². The Kier molecular flexibility index (Phi) is 13.6. The summed E-state index contributed by atoms with van der Waals surface area (Å²) in [5, 5.41) is 16.2. The van der Waals surface area contributed by atoms with E-state index in [0.29, 0.717) is 63.4 Å². The zero-order valence-corrected chi connectivity index (χ0v) is 37.7. The number of nitrogens with zero attached hydrogens (tertiary/aromatic N) is 8. The van der Waals surface area contributed by atoms with Gasteiger partial charge in [0.05, 0.1) is 36.4 Å². The van der Waals surface area contributed by atoms with E-state index in [4.69, 9.17) is 4.74 Å². The van der Waals surface area contributed by atoms with E-state index in [9.17, 15) is 37.1 Å². The van der Waals surface area contributed by atoms with Crippen LogP contribution in [0.4, 0.5) is 35.2 Å². The first-order valence-corrected chi connectivity index (χ1v) is 22.8. The van der Waals surface area contributed by atoms with Crippen molar-refractivity contribution in [2.45, 2.75) is 115 Å². The first-order chi connectivity index (χ1) is 31.5. The third-order valence-corrected chi connectivity index (χ3v) is 13.1. The quantitative estimate of drug-likeness (QED) is 0.146. The molecule has 0 bridgehead atoms. The van der Waals surface area contributed by atoms with Gasteiger partial charge in [-0.2, -0.15) is 10.2 Å². The molecule has 1 aromatic carbocycles. The number of hydrogen-bond acceptors (Lipinski definition) is 11. The number of anilines is 3. The lowest BCUT2D eigenvalue weighted by Crippen LogP contribution is -2.52. The van der Waals surface area contributed by atoms with E-state index in [2.05, 4.69) is 36.0 Å². The fourth-order valence-electron chi connectivity index (χ4n) is 9.70. The smallest absolute Gasteiger partial charge is 0.407 e. The van der Waals surface area contributed by atoms with Gasteiger partial charge in [-0.1, -0.05) is 12.1 Å². The van der Waals surface area contributed by atoms with Crippen molar-refractivity contribution in [2.75, 3.05) is 54.9 Å². The maximum Gasteiger partial charge on any atom is 0.407 e. The molecule has 4 aliphatic rings. The number of rotatable bonds is 11. The molecule has 17 nitrogen and oxygen atoms in total. The van der Waals surface area contributed by atoms with E-state index >= 15 is 0 Å². The number of amides is 5. The Hall–Kier alpha value is -6.21. The van der Waals surface area contributed by atoms with E-state index in [0.717, 1.165) is 30.6 Å². The van der Waals surface area contributed by atoms with Crippen LogP contribution >= 0.6 is 0 Å². The second-order valence-electron chi connectivity index (χ2n) is 19.1. The van der Waals surface area contributed by atoms with Gasteiger partial charge in [0.15, 0.2) is 11.3 Å². The minimum atomic E-state index is -2.98. The monoisotopic (exact) mass is 917 g/mol. The highest BCUT2D eigenvalue weighted by atomic mass is 19.3. The molecule has 4 fully saturated rings. The van der Waals surface area contributed by atoms with Crippen LogP contribution in [-0.4, -0.2) is 117 Å². The van der Waals surface area contributed by atoms with Crippen molar-refractivity contribution in [1.29, 1.82) is 0 Å². The molecule has 1 aliphatic carbocycles. The lowest BCUT2D eigenvalue weighted by atomic mass is 9.84. The molecular weight excluding hydrogens is 860 g/mol. The highest BCUT2D eigenvalue weighted by molar-refractivity contribution is 6.08. The predicted molar refractivity (Wildman–Crippen MR) is 238 cm³/mol. The molecule has 66 heavy (non-hydrogen) atoms. The third kappa shape index (κ3) is 10.7. The minimum absolute atomic E-state index is 0.00441. The van der Waals surface area contributed by atoms with Gasteiger partial charge in [0.2, 0.25) is 17.7 Å². The average molecular weight is 918 g/mol. The van der Waals surface area contributed by atoms with Crippen molar-refractivity contribution in [2.24, 2.45) is 11.8 Å². The Balaban J connectivity index is 0.838. The molecule has 20 heteroatoms. The number of benzene rings is 1. The second-order valence-corrected chi connectivity index (χ2v) is 19.1. The molecule has 3 saturated heterocycles. The van der Waals surface area contributed by atoms with Crippen molar-refractivity contribution >= 4 is 52.6 Å². The maximum atomic E-state index is 14.9. The number of ether oxygens (including phenoxy) is 1. The van der Waals surface area contributed by atoms with Gasteiger partial charge in [-0.3, -0.25) is 29.2 Å². The number of imide groups is 1. The Labute approximate surface area is 380 Å². The number of aromatic nitrogens is 5. The number of piperidine rings is 3. The predicted octanol–water partition coefficient (Wildman–Crippen LogP) is 6.18. The molecule has 354 valence electrons. The summed E-state index contributed by atoms with van der Waals surface area (Å²) >= 11 is 0. The first kappa shape index (κ1) is 46.3. The number of alkyl carbamates (subject to hydrolysis) is 1. The summed E-state index contributed by atoms with van der Waals surface area (Å²) in [4.78, 5) is 74.3. The van der Waals surface area contributed by atoms with Crippen molar-refractivity contribution in [3.8, 4) is 0 Å². The Morgan fingerprint density at radius 1 is 1.02 bits per heavy atom. The van der Waals surface area contributed by atoms with E-state index in [1.807, 2.05) is 36.2 Å². The van der Waals surface area contributed by atoms with Gasteiger partial charge in [-0.15, -0.1) is 0 Å². The molecule has 6 heterocycles. The molecule has 1 saturated carbocycles. The molecule has 8 rings (SSSR count). The number of likely N-dealkylation sites (tertiary alicyclic amines) is 1. The lowest BCUT2D eigenvalue weighted by molar-refractivity contribution is -0.138. The molecule has 3 aliphatic heterocycles. The van der Waals surface area contributed by atoms with E-state index in [1.165, 1.54) is 21.6 Å². The fraction of sp³-hybridized carbons (Fsp3) is 0.565. The largest absolute Gasteiger partial charge is 0.444 e. The van der Waals surface area contributed by atoms with Crippen LogP contribution in [-0.2, 0) is 19.1 Å². The second kappa shape index (κ2) is 19.3. The van der Waals surface area contributed by atoms with Crippen LogP contribution in [0.25, 0.3) is 5.65 Å². The van der Waals surface area contributed by atoms with Crippen molar-refractivity contribution in [3.05, 3.63) is 65.7 Å². The van der Waals surface area contributed by atoms with Gasteiger partial charge in [0, 0.05) is 70.1 Å². The molecule has 3 aromatic heterocycles. The number of hydrogen-bond donors (Lipinski definition) is 3. The molecule has 3 atom stereocenters. The van der Waals surface area contributed by atoms with Crippen LogP contribution in [0.5, 0.6) is 0 Å². The molecule has 0 spiro atoms. The van der Waals surface area contributed by atoms with Crippen LogP contribution < -0.4 is 25.8 Å². The minimum Gasteiger partial charge on any atom is -0.444 e. The molecule has 5 amide bonds. The molecule has 0 radical (unpaired) electrons. The summed E-state index contributed by atoms with van der Waals surface area (Å²) in [5.41, 5.74) is 0.576.